The Balaban J connectivity index is 2.46. The second-order valence-corrected chi connectivity index (χ2v) is 5.63. The topological polar surface area (TPSA) is 39.1 Å². The van der Waals surface area contributed by atoms with Gasteiger partial charge in [0, 0.05) is 6.54 Å². The third kappa shape index (κ3) is 3.48. The maximum absolute atomic E-state index is 9.08. The molecular formula is C12H23N3. The predicted molar refractivity (Wildman–Crippen MR) is 62.5 cm³/mol. The van der Waals surface area contributed by atoms with E-state index in [1.807, 2.05) is 14.0 Å². The fraction of sp³-hybridized carbons (Fsp3) is 0.917. The van der Waals surface area contributed by atoms with Gasteiger partial charge in [-0.05, 0) is 45.3 Å². The Kier molecular flexibility index (Phi) is 3.75. The minimum atomic E-state index is -0.401. The summed E-state index contributed by atoms with van der Waals surface area (Å²) >= 11 is 0. The molecule has 15 heavy (non-hydrogen) atoms. The van der Waals surface area contributed by atoms with Crippen molar-refractivity contribution in [3.63, 3.8) is 0 Å². The number of nitriles is 1. The maximum atomic E-state index is 9.08. The van der Waals surface area contributed by atoms with Crippen molar-refractivity contribution in [3.8, 4) is 6.07 Å². The highest BCUT2D eigenvalue weighted by atomic mass is 15.2. The molecule has 0 aromatic heterocycles. The highest BCUT2D eigenvalue weighted by molar-refractivity contribution is 5.05. The molecule has 0 saturated carbocycles. The van der Waals surface area contributed by atoms with Gasteiger partial charge in [-0.15, -0.1) is 0 Å². The van der Waals surface area contributed by atoms with E-state index in [1.54, 1.807) is 0 Å². The van der Waals surface area contributed by atoms with Crippen molar-refractivity contribution in [1.82, 2.24) is 10.2 Å². The van der Waals surface area contributed by atoms with Gasteiger partial charge in [0.1, 0.15) is 5.54 Å². The van der Waals surface area contributed by atoms with Gasteiger partial charge in [0.25, 0.3) is 0 Å². The number of rotatable bonds is 3. The molecule has 0 aromatic rings. The van der Waals surface area contributed by atoms with Crippen LogP contribution in [0.25, 0.3) is 0 Å². The lowest BCUT2D eigenvalue weighted by Gasteiger charge is -2.39. The first-order chi connectivity index (χ1) is 6.91. The first kappa shape index (κ1) is 12.5. The van der Waals surface area contributed by atoms with Crippen molar-refractivity contribution in [2.24, 2.45) is 5.41 Å². The number of hydrogen-bond donors (Lipinski definition) is 1. The smallest absolute Gasteiger partial charge is 0.116 e. The molecule has 3 heteroatoms. The summed E-state index contributed by atoms with van der Waals surface area (Å²) in [4.78, 5) is 2.39. The average molecular weight is 209 g/mol. The molecule has 0 aliphatic carbocycles. The molecule has 0 radical (unpaired) electrons. The van der Waals surface area contributed by atoms with E-state index in [0.29, 0.717) is 5.41 Å². The molecule has 1 atom stereocenters. The lowest BCUT2D eigenvalue weighted by atomic mass is 9.82. The minimum absolute atomic E-state index is 0.401. The second-order valence-electron chi connectivity index (χ2n) is 5.63. The van der Waals surface area contributed by atoms with Gasteiger partial charge in [0.05, 0.1) is 6.07 Å². The van der Waals surface area contributed by atoms with Gasteiger partial charge < -0.3 is 10.2 Å². The molecule has 1 heterocycles. The number of nitrogens with one attached hydrogen (secondary N) is 1. The highest BCUT2D eigenvalue weighted by Gasteiger charge is 2.30. The SMILES string of the molecule is CNC(C)(C#N)CN1CCC(C)(C)CC1. The molecule has 0 amide bonds. The zero-order valence-corrected chi connectivity index (χ0v) is 10.4. The van der Waals surface area contributed by atoms with Crippen LogP contribution in [0.4, 0.5) is 0 Å². The molecule has 0 aromatic carbocycles. The van der Waals surface area contributed by atoms with Gasteiger partial charge in [-0.2, -0.15) is 5.26 Å². The van der Waals surface area contributed by atoms with Crippen molar-refractivity contribution >= 4 is 0 Å². The maximum Gasteiger partial charge on any atom is 0.116 e. The van der Waals surface area contributed by atoms with E-state index in [0.717, 1.165) is 19.6 Å². The minimum Gasteiger partial charge on any atom is -0.302 e. The van der Waals surface area contributed by atoms with E-state index in [9.17, 15) is 0 Å². The monoisotopic (exact) mass is 209 g/mol. The van der Waals surface area contributed by atoms with Crippen molar-refractivity contribution in [1.29, 1.82) is 5.26 Å². The molecule has 1 aliphatic heterocycles. The highest BCUT2D eigenvalue weighted by Crippen LogP contribution is 2.30. The van der Waals surface area contributed by atoms with E-state index in [2.05, 4.69) is 30.1 Å². The molecule has 1 fully saturated rings. The molecule has 0 bridgehead atoms. The quantitative estimate of drug-likeness (QED) is 0.767. The Morgan fingerprint density at radius 3 is 2.33 bits per heavy atom. The summed E-state index contributed by atoms with van der Waals surface area (Å²) in [7, 11) is 1.86. The molecule has 1 N–H and O–H groups in total. The second kappa shape index (κ2) is 4.51. The fourth-order valence-electron chi connectivity index (χ4n) is 1.93. The third-order valence-corrected chi connectivity index (χ3v) is 3.55. The van der Waals surface area contributed by atoms with Crippen LogP contribution in [-0.2, 0) is 0 Å². The Morgan fingerprint density at radius 1 is 1.40 bits per heavy atom. The van der Waals surface area contributed by atoms with Gasteiger partial charge in [-0.1, -0.05) is 13.8 Å². The van der Waals surface area contributed by atoms with Gasteiger partial charge >= 0.3 is 0 Å². The third-order valence-electron chi connectivity index (χ3n) is 3.55. The van der Waals surface area contributed by atoms with Crippen molar-refractivity contribution in [3.05, 3.63) is 0 Å². The van der Waals surface area contributed by atoms with Crippen LogP contribution >= 0.6 is 0 Å². The zero-order chi connectivity index (χ0) is 11.5. The van der Waals surface area contributed by atoms with Crippen LogP contribution in [0.3, 0.4) is 0 Å². The van der Waals surface area contributed by atoms with Crippen molar-refractivity contribution in [2.75, 3.05) is 26.7 Å². The fourth-order valence-corrected chi connectivity index (χ4v) is 1.93. The Bertz CT molecular complexity index is 244. The van der Waals surface area contributed by atoms with Crippen LogP contribution in [0.1, 0.15) is 33.6 Å². The Labute approximate surface area is 93.5 Å². The summed E-state index contributed by atoms with van der Waals surface area (Å²) in [6, 6.07) is 2.34. The molecule has 86 valence electrons. The van der Waals surface area contributed by atoms with Crippen LogP contribution in [-0.4, -0.2) is 37.1 Å². The molecular weight excluding hydrogens is 186 g/mol. The van der Waals surface area contributed by atoms with Crippen LogP contribution in [0.5, 0.6) is 0 Å². The number of piperidine rings is 1. The van der Waals surface area contributed by atoms with Crippen LogP contribution < -0.4 is 5.32 Å². The lowest BCUT2D eigenvalue weighted by Crippen LogP contribution is -2.51. The van der Waals surface area contributed by atoms with E-state index < -0.39 is 5.54 Å². The summed E-state index contributed by atoms with van der Waals surface area (Å²) in [5.74, 6) is 0. The number of hydrogen-bond acceptors (Lipinski definition) is 3. The zero-order valence-electron chi connectivity index (χ0n) is 10.4. The summed E-state index contributed by atoms with van der Waals surface area (Å²) in [6.07, 6.45) is 2.47. The van der Waals surface area contributed by atoms with E-state index in [4.69, 9.17) is 5.26 Å². The number of likely N-dealkylation sites (tertiary alicyclic amines) is 1. The summed E-state index contributed by atoms with van der Waals surface area (Å²) in [5.41, 5.74) is 0.0840. The van der Waals surface area contributed by atoms with Gasteiger partial charge in [0.2, 0.25) is 0 Å². The van der Waals surface area contributed by atoms with E-state index >= 15 is 0 Å². The Morgan fingerprint density at radius 2 is 1.93 bits per heavy atom. The first-order valence-corrected chi connectivity index (χ1v) is 5.73. The van der Waals surface area contributed by atoms with Crippen LogP contribution in [0, 0.1) is 16.7 Å². The molecule has 1 aliphatic rings. The lowest BCUT2D eigenvalue weighted by molar-refractivity contribution is 0.116. The van der Waals surface area contributed by atoms with Crippen molar-refractivity contribution < 1.29 is 0 Å². The van der Waals surface area contributed by atoms with Crippen LogP contribution in [0.2, 0.25) is 0 Å². The summed E-state index contributed by atoms with van der Waals surface area (Å²) < 4.78 is 0. The largest absolute Gasteiger partial charge is 0.302 e. The normalized spacial score (nSPS) is 25.5. The van der Waals surface area contributed by atoms with E-state index in [-0.39, 0.29) is 0 Å². The molecule has 1 unspecified atom stereocenters. The standard InChI is InChI=1S/C12H23N3/c1-11(2)5-7-15(8-6-11)10-12(3,9-13)14-4/h14H,5-8,10H2,1-4H3. The molecule has 0 spiro atoms. The van der Waals surface area contributed by atoms with Crippen molar-refractivity contribution in [2.45, 2.75) is 39.2 Å². The van der Waals surface area contributed by atoms with Gasteiger partial charge in [0.15, 0.2) is 0 Å². The van der Waals surface area contributed by atoms with Crippen LogP contribution in [0.15, 0.2) is 0 Å². The first-order valence-electron chi connectivity index (χ1n) is 5.73. The number of nitrogens with zero attached hydrogens (tertiary/aromatic N) is 2. The van der Waals surface area contributed by atoms with Gasteiger partial charge in [-0.25, -0.2) is 0 Å². The predicted octanol–water partition coefficient (Wildman–Crippen LogP) is 1.61. The molecule has 3 nitrogen and oxygen atoms in total. The van der Waals surface area contributed by atoms with E-state index in [1.165, 1.54) is 12.8 Å². The Hall–Kier alpha value is -0.590. The molecule has 1 saturated heterocycles. The number of likely N-dealkylation sites (N-methyl/N-ethyl adjacent to an activating group) is 1. The van der Waals surface area contributed by atoms with Gasteiger partial charge in [-0.3, -0.25) is 0 Å². The summed E-state index contributed by atoms with van der Waals surface area (Å²) in [5, 5.41) is 12.2. The summed E-state index contributed by atoms with van der Waals surface area (Å²) in [6.45, 7) is 9.68. The average Bonchev–Trinajstić information content (AvgIpc) is 2.21. The molecule has 1 rings (SSSR count).